The van der Waals surface area contributed by atoms with E-state index >= 15 is 0 Å². The molecular weight excluding hydrogens is 761 g/mol. The van der Waals surface area contributed by atoms with Gasteiger partial charge in [-0.2, -0.15) is 0 Å². The highest BCUT2D eigenvalue weighted by atomic mass is 16.6. The number of hydrogen-bond donors (Lipinski definition) is 2. The average molecular weight is 835 g/mol. The summed E-state index contributed by atoms with van der Waals surface area (Å²) in [6.45, 7) is 8.34. The highest BCUT2D eigenvalue weighted by molar-refractivity contribution is 5.99. The number of unbranched alkanes of at least 4 members (excludes halogenated alkanes) is 4. The zero-order valence-electron chi connectivity index (χ0n) is 37.1. The van der Waals surface area contributed by atoms with Crippen LogP contribution in [0.1, 0.15) is 190 Å². The highest BCUT2D eigenvalue weighted by Crippen LogP contribution is 2.40. The summed E-state index contributed by atoms with van der Waals surface area (Å²) in [5.74, 6) is -1.29. The molecule has 0 radical (unpaired) electrons. The van der Waals surface area contributed by atoms with Crippen molar-refractivity contribution >= 4 is 23.9 Å². The molecule has 0 unspecified atom stereocenters. The van der Waals surface area contributed by atoms with Gasteiger partial charge in [0.05, 0.1) is 24.3 Å². The van der Waals surface area contributed by atoms with Gasteiger partial charge in [0, 0.05) is 12.8 Å². The van der Waals surface area contributed by atoms with Crippen LogP contribution in [0, 0.1) is 23.7 Å². The monoisotopic (exact) mass is 835 g/mol. The maximum atomic E-state index is 13.5. The summed E-state index contributed by atoms with van der Waals surface area (Å²) >= 11 is 0. The largest absolute Gasteiger partial charge is 0.494 e. The lowest BCUT2D eigenvalue weighted by atomic mass is 9.77. The highest BCUT2D eigenvalue weighted by Gasteiger charge is 2.66. The van der Waals surface area contributed by atoms with Crippen LogP contribution >= 0.6 is 0 Å². The van der Waals surface area contributed by atoms with Crippen LogP contribution in [0.5, 0.6) is 11.5 Å². The molecule has 10 heteroatoms. The number of carboxylic acids is 2. The van der Waals surface area contributed by atoms with Gasteiger partial charge in [0.15, 0.2) is 0 Å². The minimum absolute atomic E-state index is 0.000358. The summed E-state index contributed by atoms with van der Waals surface area (Å²) in [5.41, 5.74) is -5.50. The van der Waals surface area contributed by atoms with Gasteiger partial charge in [0.2, 0.25) is 0 Å². The Morgan fingerprint density at radius 1 is 0.483 bits per heavy atom. The summed E-state index contributed by atoms with van der Waals surface area (Å²) in [4.78, 5) is 53.0. The number of carbonyl (C=O) groups excluding carboxylic acids is 2. The van der Waals surface area contributed by atoms with Crippen molar-refractivity contribution in [2.75, 3.05) is 13.2 Å². The Kier molecular flexibility index (Phi) is 20.2. The predicted octanol–water partition coefficient (Wildman–Crippen LogP) is 12.3. The fraction of sp³-hybridized carbons (Fsp3) is 0.680. The van der Waals surface area contributed by atoms with Gasteiger partial charge < -0.3 is 29.2 Å². The molecule has 2 fully saturated rings. The lowest BCUT2D eigenvalue weighted by Crippen LogP contribution is -2.67. The first-order valence-corrected chi connectivity index (χ1v) is 23.4. The number of aliphatic carboxylic acids is 2. The van der Waals surface area contributed by atoms with Crippen molar-refractivity contribution < 1.29 is 48.3 Å². The quantitative estimate of drug-likeness (QED) is 0.0658. The van der Waals surface area contributed by atoms with Gasteiger partial charge in [-0.25, -0.2) is 19.2 Å². The molecule has 2 aliphatic rings. The van der Waals surface area contributed by atoms with E-state index in [0.29, 0.717) is 24.7 Å². The van der Waals surface area contributed by atoms with Crippen molar-refractivity contribution in [3.63, 3.8) is 0 Å². The van der Waals surface area contributed by atoms with Gasteiger partial charge in [-0.15, -0.1) is 0 Å². The molecule has 334 valence electrons. The van der Waals surface area contributed by atoms with E-state index in [1.165, 1.54) is 141 Å². The van der Waals surface area contributed by atoms with Crippen molar-refractivity contribution in [2.45, 2.75) is 180 Å². The number of carbonyl (C=O) groups is 4. The van der Waals surface area contributed by atoms with Crippen LogP contribution in [-0.2, 0) is 19.1 Å². The Hall–Kier alpha value is -4.08. The molecule has 4 rings (SSSR count). The SMILES string of the molecule is CCCCCC1CCC(CCCOc2ccc(C(=O)O[C@@](CC)(C(=O)O)[C@@](CC)(OC(=O)c3ccc(OCCCC4CCC(CCCCC)CC4)cc3)C(=O)O)cc2)CC1. The lowest BCUT2D eigenvalue weighted by Gasteiger charge is -2.42. The van der Waals surface area contributed by atoms with Crippen molar-refractivity contribution in [2.24, 2.45) is 23.7 Å². The van der Waals surface area contributed by atoms with Crippen LogP contribution in [-0.4, -0.2) is 58.5 Å². The minimum Gasteiger partial charge on any atom is -0.494 e. The van der Waals surface area contributed by atoms with Crippen LogP contribution in [0.4, 0.5) is 0 Å². The van der Waals surface area contributed by atoms with Gasteiger partial charge in [-0.1, -0.05) is 130 Å². The maximum Gasteiger partial charge on any atom is 0.353 e. The third kappa shape index (κ3) is 13.7. The molecule has 2 aliphatic carbocycles. The van der Waals surface area contributed by atoms with Gasteiger partial charge in [-0.3, -0.25) is 0 Å². The normalized spacial score (nSPS) is 21.2. The van der Waals surface area contributed by atoms with Gasteiger partial charge in [0.25, 0.3) is 11.2 Å². The van der Waals surface area contributed by atoms with Crippen molar-refractivity contribution in [1.82, 2.24) is 0 Å². The van der Waals surface area contributed by atoms with E-state index in [-0.39, 0.29) is 11.1 Å². The molecule has 60 heavy (non-hydrogen) atoms. The molecule has 0 saturated heterocycles. The zero-order chi connectivity index (χ0) is 43.4. The first kappa shape index (κ1) is 48.6. The number of esters is 2. The van der Waals surface area contributed by atoms with E-state index in [1.54, 1.807) is 24.3 Å². The van der Waals surface area contributed by atoms with Crippen LogP contribution in [0.2, 0.25) is 0 Å². The molecule has 2 aromatic rings. The van der Waals surface area contributed by atoms with Crippen molar-refractivity contribution in [3.8, 4) is 11.5 Å². The summed E-state index contributed by atoms with van der Waals surface area (Å²) < 4.78 is 23.1. The second-order valence-corrected chi connectivity index (χ2v) is 17.5. The zero-order valence-corrected chi connectivity index (χ0v) is 37.1. The van der Waals surface area contributed by atoms with Crippen LogP contribution in [0.25, 0.3) is 0 Å². The fourth-order valence-electron chi connectivity index (χ4n) is 9.53. The van der Waals surface area contributed by atoms with E-state index in [4.69, 9.17) is 18.9 Å². The molecule has 10 nitrogen and oxygen atoms in total. The summed E-state index contributed by atoms with van der Waals surface area (Å²) in [7, 11) is 0. The first-order chi connectivity index (χ1) is 29.0. The Labute approximate surface area is 359 Å². The number of ether oxygens (including phenoxy) is 4. The molecule has 0 bridgehead atoms. The summed E-state index contributed by atoms with van der Waals surface area (Å²) in [5, 5.41) is 21.1. The second kappa shape index (κ2) is 25.0. The third-order valence-electron chi connectivity index (χ3n) is 13.5. The van der Waals surface area contributed by atoms with Crippen molar-refractivity contribution in [3.05, 3.63) is 59.7 Å². The van der Waals surface area contributed by atoms with Gasteiger partial charge >= 0.3 is 23.9 Å². The molecule has 2 atom stereocenters. The average Bonchev–Trinajstić information content (AvgIpc) is 3.26. The van der Waals surface area contributed by atoms with E-state index in [0.717, 1.165) is 49.4 Å². The third-order valence-corrected chi connectivity index (χ3v) is 13.5. The molecule has 0 amide bonds. The molecular formula is C50H74O10. The van der Waals surface area contributed by atoms with Crippen LogP contribution < -0.4 is 9.47 Å². The fourth-order valence-corrected chi connectivity index (χ4v) is 9.53. The standard InChI is InChI=1S/C50H74O10/c1-5-9-11-15-37-19-23-39(24-20-37)17-13-35-57-43-31-27-41(28-32-43)45(51)59-49(7-3,47(53)54)50(8-4,48(55)56)60-46(52)42-29-33-44(34-30-42)58-36-14-18-40-25-21-38(22-26-40)16-12-10-6-2/h27-34,37-40H,5-26,35-36H2,1-4H3,(H,53,54)(H,55,56)/t37?,38?,39?,40?,49-,50-/m0/s1. The first-order valence-electron chi connectivity index (χ1n) is 23.4. The van der Waals surface area contributed by atoms with E-state index in [1.807, 2.05) is 0 Å². The van der Waals surface area contributed by atoms with Gasteiger partial charge in [0.1, 0.15) is 11.5 Å². The Morgan fingerprint density at radius 3 is 1.05 bits per heavy atom. The topological polar surface area (TPSA) is 146 Å². The van der Waals surface area contributed by atoms with Crippen LogP contribution in [0.3, 0.4) is 0 Å². The lowest BCUT2D eigenvalue weighted by molar-refractivity contribution is -0.209. The molecule has 2 saturated carbocycles. The number of hydrogen-bond acceptors (Lipinski definition) is 8. The Balaban J connectivity index is 1.28. The molecule has 2 aromatic carbocycles. The van der Waals surface area contributed by atoms with Gasteiger partial charge in [-0.05, 0) is 97.9 Å². The van der Waals surface area contributed by atoms with E-state index < -0.39 is 47.9 Å². The predicted molar refractivity (Wildman–Crippen MR) is 234 cm³/mol. The number of benzene rings is 2. The second-order valence-electron chi connectivity index (χ2n) is 17.5. The van der Waals surface area contributed by atoms with E-state index in [9.17, 15) is 29.4 Å². The number of carboxylic acid groups (broad SMARTS) is 2. The molecule has 2 N–H and O–H groups in total. The molecule has 0 aliphatic heterocycles. The maximum absolute atomic E-state index is 13.5. The van der Waals surface area contributed by atoms with Crippen molar-refractivity contribution in [1.29, 1.82) is 0 Å². The number of rotatable bonds is 27. The van der Waals surface area contributed by atoms with Crippen LogP contribution in [0.15, 0.2) is 48.5 Å². The summed E-state index contributed by atoms with van der Waals surface area (Å²) in [6.07, 6.45) is 24.2. The molecule has 0 aromatic heterocycles. The minimum atomic E-state index is -2.75. The molecule has 0 spiro atoms. The van der Waals surface area contributed by atoms with E-state index in [2.05, 4.69) is 13.8 Å². The summed E-state index contributed by atoms with van der Waals surface area (Å²) in [6, 6.07) is 12.2. The Morgan fingerprint density at radius 2 is 0.783 bits per heavy atom. The molecule has 0 heterocycles. The smallest absolute Gasteiger partial charge is 0.353 e. The Bertz CT molecular complexity index is 1470.